The van der Waals surface area contributed by atoms with E-state index in [9.17, 15) is 9.90 Å². The van der Waals surface area contributed by atoms with Crippen LogP contribution in [0.25, 0.3) is 0 Å². The molecule has 0 aromatic heterocycles. The number of carbonyl (C=O) groups is 1. The highest BCUT2D eigenvalue weighted by Crippen LogP contribution is 2.31. The standard InChI is InChI=1S/C20H21BrClNO3/c21-16-2-1-3-18(12-16)26-13-19(24)23-10-8-15(9-11-23)20(25)14-4-6-17(22)7-5-14/h1-7,12,15,20,25H,8-11,13H2/t20-/m1/s1. The van der Waals surface area contributed by atoms with Gasteiger partial charge in [0, 0.05) is 22.6 Å². The van der Waals surface area contributed by atoms with Gasteiger partial charge in [0.2, 0.25) is 0 Å². The number of ether oxygens (including phenoxy) is 1. The van der Waals surface area contributed by atoms with Gasteiger partial charge in [-0.05, 0) is 54.7 Å². The molecule has 3 rings (SSSR count). The van der Waals surface area contributed by atoms with Gasteiger partial charge < -0.3 is 14.7 Å². The number of hydrogen-bond acceptors (Lipinski definition) is 3. The first kappa shape index (κ1) is 19.2. The molecule has 1 atom stereocenters. The number of likely N-dealkylation sites (tertiary alicyclic amines) is 1. The van der Waals surface area contributed by atoms with E-state index in [0.717, 1.165) is 22.9 Å². The lowest BCUT2D eigenvalue weighted by Gasteiger charge is -2.34. The molecule has 4 nitrogen and oxygen atoms in total. The molecular weight excluding hydrogens is 418 g/mol. The Morgan fingerprint density at radius 2 is 1.92 bits per heavy atom. The van der Waals surface area contributed by atoms with Crippen LogP contribution in [0.4, 0.5) is 0 Å². The van der Waals surface area contributed by atoms with E-state index in [1.807, 2.05) is 41.3 Å². The van der Waals surface area contributed by atoms with Gasteiger partial charge in [0.1, 0.15) is 5.75 Å². The van der Waals surface area contributed by atoms with Crippen molar-refractivity contribution in [2.24, 2.45) is 5.92 Å². The predicted molar refractivity (Wildman–Crippen MR) is 105 cm³/mol. The molecular formula is C20H21BrClNO3. The van der Waals surface area contributed by atoms with Crippen LogP contribution in [0.2, 0.25) is 5.02 Å². The fourth-order valence-corrected chi connectivity index (χ4v) is 3.69. The summed E-state index contributed by atoms with van der Waals surface area (Å²) in [6.45, 7) is 1.30. The van der Waals surface area contributed by atoms with Gasteiger partial charge in [-0.1, -0.05) is 45.7 Å². The number of halogens is 2. The third-order valence-electron chi connectivity index (χ3n) is 4.71. The van der Waals surface area contributed by atoms with E-state index in [1.54, 1.807) is 12.1 Å². The van der Waals surface area contributed by atoms with Crippen molar-refractivity contribution in [2.75, 3.05) is 19.7 Å². The molecule has 0 bridgehead atoms. The molecule has 0 radical (unpaired) electrons. The Morgan fingerprint density at radius 3 is 2.58 bits per heavy atom. The monoisotopic (exact) mass is 437 g/mol. The van der Waals surface area contributed by atoms with E-state index >= 15 is 0 Å². The van der Waals surface area contributed by atoms with Crippen LogP contribution < -0.4 is 4.74 Å². The summed E-state index contributed by atoms with van der Waals surface area (Å²) in [4.78, 5) is 14.2. The summed E-state index contributed by atoms with van der Waals surface area (Å²) in [6.07, 6.45) is 1.01. The number of rotatable bonds is 5. The molecule has 1 aliphatic heterocycles. The molecule has 0 unspecified atom stereocenters. The summed E-state index contributed by atoms with van der Waals surface area (Å²) >= 11 is 9.28. The number of amides is 1. The number of hydrogen-bond donors (Lipinski definition) is 1. The lowest BCUT2D eigenvalue weighted by molar-refractivity contribution is -0.135. The topological polar surface area (TPSA) is 49.8 Å². The maximum absolute atomic E-state index is 12.4. The van der Waals surface area contributed by atoms with Gasteiger partial charge in [-0.25, -0.2) is 0 Å². The Kier molecular flexibility index (Phi) is 6.57. The Bertz CT molecular complexity index is 745. The zero-order chi connectivity index (χ0) is 18.5. The van der Waals surface area contributed by atoms with Crippen LogP contribution in [0.1, 0.15) is 24.5 Å². The summed E-state index contributed by atoms with van der Waals surface area (Å²) in [7, 11) is 0. The van der Waals surface area contributed by atoms with E-state index < -0.39 is 6.10 Å². The predicted octanol–water partition coefficient (Wildman–Crippen LogP) is 4.45. The third kappa shape index (κ3) is 5.00. The highest BCUT2D eigenvalue weighted by Gasteiger charge is 2.28. The number of carbonyl (C=O) groups excluding carboxylic acids is 1. The third-order valence-corrected chi connectivity index (χ3v) is 5.45. The average Bonchev–Trinajstić information content (AvgIpc) is 2.66. The van der Waals surface area contributed by atoms with Crippen LogP contribution in [-0.2, 0) is 4.79 Å². The van der Waals surface area contributed by atoms with Crippen molar-refractivity contribution in [2.45, 2.75) is 18.9 Å². The Morgan fingerprint density at radius 1 is 1.23 bits per heavy atom. The number of aliphatic hydroxyl groups excluding tert-OH is 1. The van der Waals surface area contributed by atoms with E-state index in [-0.39, 0.29) is 18.4 Å². The molecule has 6 heteroatoms. The van der Waals surface area contributed by atoms with Gasteiger partial charge in [-0.15, -0.1) is 0 Å². The number of nitrogens with zero attached hydrogens (tertiary/aromatic N) is 1. The minimum Gasteiger partial charge on any atom is -0.484 e. The largest absolute Gasteiger partial charge is 0.484 e. The molecule has 26 heavy (non-hydrogen) atoms. The van der Waals surface area contributed by atoms with Gasteiger partial charge in [-0.3, -0.25) is 4.79 Å². The Labute approximate surface area is 166 Å². The van der Waals surface area contributed by atoms with E-state index in [0.29, 0.717) is 23.9 Å². The van der Waals surface area contributed by atoms with Gasteiger partial charge in [0.15, 0.2) is 6.61 Å². The van der Waals surface area contributed by atoms with Crippen molar-refractivity contribution in [3.8, 4) is 5.75 Å². The summed E-state index contributed by atoms with van der Waals surface area (Å²) < 4.78 is 6.49. The zero-order valence-corrected chi connectivity index (χ0v) is 16.6. The van der Waals surface area contributed by atoms with Crippen LogP contribution in [0.3, 0.4) is 0 Å². The highest BCUT2D eigenvalue weighted by atomic mass is 79.9. The van der Waals surface area contributed by atoms with Gasteiger partial charge in [-0.2, -0.15) is 0 Å². The van der Waals surface area contributed by atoms with Crippen LogP contribution in [0.5, 0.6) is 5.75 Å². The highest BCUT2D eigenvalue weighted by molar-refractivity contribution is 9.10. The zero-order valence-electron chi connectivity index (χ0n) is 14.3. The maximum atomic E-state index is 12.4. The molecule has 1 fully saturated rings. The molecule has 1 aliphatic rings. The van der Waals surface area contributed by atoms with E-state index in [2.05, 4.69) is 15.9 Å². The minimum atomic E-state index is -0.526. The summed E-state index contributed by atoms with van der Waals surface area (Å²) in [6, 6.07) is 14.7. The van der Waals surface area contributed by atoms with Gasteiger partial charge in [0.25, 0.3) is 5.91 Å². The van der Waals surface area contributed by atoms with Crippen molar-refractivity contribution in [3.63, 3.8) is 0 Å². The molecule has 2 aromatic rings. The summed E-state index contributed by atoms with van der Waals surface area (Å²) in [5.41, 5.74) is 0.872. The van der Waals surface area contributed by atoms with Crippen molar-refractivity contribution in [1.82, 2.24) is 4.90 Å². The SMILES string of the molecule is O=C(COc1cccc(Br)c1)N1CCC([C@H](O)c2ccc(Cl)cc2)CC1. The second kappa shape index (κ2) is 8.89. The minimum absolute atomic E-state index is 0.0237. The maximum Gasteiger partial charge on any atom is 0.260 e. The van der Waals surface area contributed by atoms with Crippen LogP contribution in [0, 0.1) is 5.92 Å². The molecule has 1 N–H and O–H groups in total. The van der Waals surface area contributed by atoms with E-state index in [4.69, 9.17) is 16.3 Å². The molecule has 1 amide bonds. The first-order valence-electron chi connectivity index (χ1n) is 8.62. The molecule has 2 aromatic carbocycles. The van der Waals surface area contributed by atoms with Gasteiger partial charge >= 0.3 is 0 Å². The smallest absolute Gasteiger partial charge is 0.260 e. The van der Waals surface area contributed by atoms with Crippen molar-refractivity contribution in [1.29, 1.82) is 0 Å². The Balaban J connectivity index is 1.48. The number of benzene rings is 2. The number of piperidine rings is 1. The molecule has 138 valence electrons. The summed E-state index contributed by atoms with van der Waals surface area (Å²) in [5.74, 6) is 0.788. The normalized spacial score (nSPS) is 16.3. The molecule has 1 heterocycles. The molecule has 0 spiro atoms. The molecule has 0 aliphatic carbocycles. The lowest BCUT2D eigenvalue weighted by atomic mass is 9.87. The Hall–Kier alpha value is -1.56. The number of aliphatic hydroxyl groups is 1. The second-order valence-corrected chi connectivity index (χ2v) is 7.81. The first-order chi connectivity index (χ1) is 12.5. The van der Waals surface area contributed by atoms with Crippen LogP contribution in [0.15, 0.2) is 53.0 Å². The van der Waals surface area contributed by atoms with Crippen molar-refractivity contribution >= 4 is 33.4 Å². The summed E-state index contributed by atoms with van der Waals surface area (Å²) in [5, 5.41) is 11.2. The lowest BCUT2D eigenvalue weighted by Crippen LogP contribution is -2.42. The fourth-order valence-electron chi connectivity index (χ4n) is 3.19. The van der Waals surface area contributed by atoms with Crippen LogP contribution in [-0.4, -0.2) is 35.6 Å². The van der Waals surface area contributed by atoms with E-state index in [1.165, 1.54) is 0 Å². The van der Waals surface area contributed by atoms with Gasteiger partial charge in [0.05, 0.1) is 6.10 Å². The average molecular weight is 439 g/mol. The first-order valence-corrected chi connectivity index (χ1v) is 9.79. The fraction of sp³-hybridized carbons (Fsp3) is 0.350. The van der Waals surface area contributed by atoms with Crippen LogP contribution >= 0.6 is 27.5 Å². The second-order valence-electron chi connectivity index (χ2n) is 6.46. The molecule has 0 saturated carbocycles. The molecule has 1 saturated heterocycles. The van der Waals surface area contributed by atoms with Crippen molar-refractivity contribution < 1.29 is 14.6 Å². The quantitative estimate of drug-likeness (QED) is 0.750. The van der Waals surface area contributed by atoms with Crippen molar-refractivity contribution in [3.05, 3.63) is 63.6 Å².